The quantitative estimate of drug-likeness (QED) is 0.536. The normalized spacial score (nSPS) is 12.7. The molecule has 0 aromatic heterocycles. The molecule has 0 aliphatic heterocycles. The highest BCUT2D eigenvalue weighted by atomic mass is 32.1. The third-order valence-electron chi connectivity index (χ3n) is 2.15. The SMILES string of the molecule is C=C/C=C\C(Cc1ccccc1)=C(/C)[SH2+]. The first-order valence-electron chi connectivity index (χ1n) is 4.98. The molecule has 0 unspecified atom stereocenters. The summed E-state index contributed by atoms with van der Waals surface area (Å²) in [6.45, 7) is 5.73. The van der Waals surface area contributed by atoms with Gasteiger partial charge in [-0.2, -0.15) is 0 Å². The third-order valence-corrected chi connectivity index (χ3v) is 2.47. The molecule has 0 atom stereocenters. The van der Waals surface area contributed by atoms with Crippen LogP contribution < -0.4 is 0 Å². The van der Waals surface area contributed by atoms with Gasteiger partial charge in [0.25, 0.3) is 0 Å². The average molecular weight is 217 g/mol. The maximum Gasteiger partial charge on any atom is 0.127 e. The van der Waals surface area contributed by atoms with Crippen molar-refractivity contribution in [1.82, 2.24) is 0 Å². The van der Waals surface area contributed by atoms with Crippen molar-refractivity contribution in [2.75, 3.05) is 0 Å². The van der Waals surface area contributed by atoms with Crippen molar-refractivity contribution < 1.29 is 0 Å². The predicted octanol–water partition coefficient (Wildman–Crippen LogP) is 3.26. The van der Waals surface area contributed by atoms with Crippen LogP contribution in [0.5, 0.6) is 0 Å². The van der Waals surface area contributed by atoms with Crippen molar-refractivity contribution in [1.29, 1.82) is 0 Å². The lowest BCUT2D eigenvalue weighted by atomic mass is 10.0. The molecule has 0 heterocycles. The van der Waals surface area contributed by atoms with Gasteiger partial charge in [-0.3, -0.25) is 0 Å². The molecule has 1 heteroatoms. The van der Waals surface area contributed by atoms with E-state index in [9.17, 15) is 0 Å². The fourth-order valence-corrected chi connectivity index (χ4v) is 1.49. The van der Waals surface area contributed by atoms with Crippen molar-refractivity contribution in [3.63, 3.8) is 0 Å². The van der Waals surface area contributed by atoms with Crippen LogP contribution in [0.1, 0.15) is 12.5 Å². The van der Waals surface area contributed by atoms with Crippen LogP contribution in [-0.4, -0.2) is 0 Å². The van der Waals surface area contributed by atoms with E-state index < -0.39 is 0 Å². The van der Waals surface area contributed by atoms with E-state index >= 15 is 0 Å². The molecule has 0 bridgehead atoms. The zero-order valence-electron chi connectivity index (χ0n) is 9.03. The molecule has 0 amide bonds. The molecule has 0 saturated heterocycles. The molecule has 15 heavy (non-hydrogen) atoms. The molecule has 78 valence electrons. The number of allylic oxidation sites excluding steroid dienone is 5. The number of hydrogen-bond donors (Lipinski definition) is 0. The number of rotatable bonds is 4. The van der Waals surface area contributed by atoms with Crippen molar-refractivity contribution >= 4 is 12.6 Å². The van der Waals surface area contributed by atoms with Crippen molar-refractivity contribution in [2.24, 2.45) is 0 Å². The first kappa shape index (κ1) is 11.9. The van der Waals surface area contributed by atoms with E-state index in [2.05, 4.69) is 56.5 Å². The van der Waals surface area contributed by atoms with Crippen LogP contribution in [0.3, 0.4) is 0 Å². The molecule has 1 aromatic carbocycles. The van der Waals surface area contributed by atoms with E-state index in [0.717, 1.165) is 11.3 Å². The van der Waals surface area contributed by atoms with Crippen LogP contribution in [0.2, 0.25) is 0 Å². The smallest absolute Gasteiger partial charge is 0.0991 e. The molecule has 0 N–H and O–H groups in total. The van der Waals surface area contributed by atoms with E-state index in [0.29, 0.717) is 0 Å². The van der Waals surface area contributed by atoms with E-state index in [4.69, 9.17) is 0 Å². The van der Waals surface area contributed by atoms with E-state index in [-0.39, 0.29) is 0 Å². The van der Waals surface area contributed by atoms with Gasteiger partial charge in [0.15, 0.2) is 0 Å². The van der Waals surface area contributed by atoms with Crippen LogP contribution in [-0.2, 0) is 19.0 Å². The molecule has 0 aliphatic carbocycles. The van der Waals surface area contributed by atoms with Gasteiger partial charge in [-0.15, -0.1) is 0 Å². The van der Waals surface area contributed by atoms with Gasteiger partial charge in [-0.05, 0) is 18.2 Å². The Labute approximate surface area is 97.4 Å². The summed E-state index contributed by atoms with van der Waals surface area (Å²) in [4.78, 5) is 1.16. The molecular formula is C14H17S+. The summed E-state index contributed by atoms with van der Waals surface area (Å²) in [6.07, 6.45) is 6.78. The number of hydrogen-bond acceptors (Lipinski definition) is 0. The summed E-state index contributed by atoms with van der Waals surface area (Å²) in [7, 11) is 0. The second-order valence-corrected chi connectivity index (χ2v) is 4.16. The first-order chi connectivity index (χ1) is 7.24. The topological polar surface area (TPSA) is 0 Å². The van der Waals surface area contributed by atoms with Crippen LogP contribution in [0.25, 0.3) is 0 Å². The minimum atomic E-state index is 0.945. The maximum absolute atomic E-state index is 3.67. The van der Waals surface area contributed by atoms with Crippen molar-refractivity contribution in [3.05, 3.63) is 71.2 Å². The summed E-state index contributed by atoms with van der Waals surface area (Å²) in [5, 5.41) is 0. The Kier molecular flexibility index (Phi) is 4.99. The Morgan fingerprint density at radius 1 is 1.33 bits per heavy atom. The molecule has 0 fully saturated rings. The third kappa shape index (κ3) is 4.22. The van der Waals surface area contributed by atoms with Crippen molar-refractivity contribution in [3.8, 4) is 0 Å². The van der Waals surface area contributed by atoms with Gasteiger partial charge in [-0.1, -0.05) is 55.1 Å². The Hall–Kier alpha value is -1.21. The predicted molar refractivity (Wildman–Crippen MR) is 72.3 cm³/mol. The monoisotopic (exact) mass is 217 g/mol. The fraction of sp³-hybridized carbons (Fsp3) is 0.143. The Balaban J connectivity index is 2.82. The highest BCUT2D eigenvalue weighted by Gasteiger charge is 2.01. The zero-order valence-corrected chi connectivity index (χ0v) is 10.0. The largest absolute Gasteiger partial charge is 0.127 e. The lowest BCUT2D eigenvalue weighted by Crippen LogP contribution is -1.90. The highest BCUT2D eigenvalue weighted by molar-refractivity contribution is 7.63. The van der Waals surface area contributed by atoms with Crippen LogP contribution in [0.15, 0.2) is 65.6 Å². The van der Waals surface area contributed by atoms with Crippen LogP contribution in [0.4, 0.5) is 0 Å². The van der Waals surface area contributed by atoms with Gasteiger partial charge >= 0.3 is 0 Å². The van der Waals surface area contributed by atoms with E-state index in [1.54, 1.807) is 6.08 Å². The summed E-state index contributed by atoms with van der Waals surface area (Å²) in [5.74, 6) is 0. The van der Waals surface area contributed by atoms with Gasteiger partial charge in [0, 0.05) is 18.9 Å². The van der Waals surface area contributed by atoms with Gasteiger partial charge in [-0.25, -0.2) is 0 Å². The second kappa shape index (κ2) is 6.31. The Bertz CT molecular complexity index is 368. The molecule has 0 nitrogen and oxygen atoms in total. The lowest BCUT2D eigenvalue weighted by molar-refractivity contribution is 1.18. The van der Waals surface area contributed by atoms with Crippen LogP contribution >= 0.6 is 0 Å². The van der Waals surface area contributed by atoms with Crippen molar-refractivity contribution in [2.45, 2.75) is 13.3 Å². The zero-order chi connectivity index (χ0) is 11.1. The number of benzene rings is 1. The second-order valence-electron chi connectivity index (χ2n) is 3.41. The lowest BCUT2D eigenvalue weighted by Gasteiger charge is -2.01. The molecule has 1 rings (SSSR count). The fourth-order valence-electron chi connectivity index (χ4n) is 1.32. The minimum absolute atomic E-state index is 0.945. The van der Waals surface area contributed by atoms with Gasteiger partial charge in [0.05, 0.1) is 0 Å². The van der Waals surface area contributed by atoms with E-state index in [1.165, 1.54) is 11.1 Å². The Morgan fingerprint density at radius 3 is 2.53 bits per heavy atom. The molecule has 0 spiro atoms. The highest BCUT2D eigenvalue weighted by Crippen LogP contribution is 2.12. The molecule has 1 aromatic rings. The maximum atomic E-state index is 3.67. The Morgan fingerprint density at radius 2 is 2.00 bits per heavy atom. The summed E-state index contributed by atoms with van der Waals surface area (Å²) < 4.78 is 0. The summed E-state index contributed by atoms with van der Waals surface area (Å²) in [5.41, 5.74) is 2.59. The summed E-state index contributed by atoms with van der Waals surface area (Å²) >= 11 is 3.57. The first-order valence-corrected chi connectivity index (χ1v) is 5.48. The van der Waals surface area contributed by atoms with E-state index in [1.807, 2.05) is 12.1 Å². The minimum Gasteiger partial charge on any atom is -0.0991 e. The van der Waals surface area contributed by atoms with Gasteiger partial charge < -0.3 is 0 Å². The molecular weight excluding hydrogens is 200 g/mol. The van der Waals surface area contributed by atoms with Crippen LogP contribution in [0, 0.1) is 0 Å². The molecule has 0 radical (unpaired) electrons. The van der Waals surface area contributed by atoms with Gasteiger partial charge in [0.1, 0.15) is 4.91 Å². The molecule has 0 saturated carbocycles. The molecule has 0 aliphatic rings. The van der Waals surface area contributed by atoms with Gasteiger partial charge in [0.2, 0.25) is 0 Å². The average Bonchev–Trinajstić information content (AvgIpc) is 2.25. The summed E-state index contributed by atoms with van der Waals surface area (Å²) in [6, 6.07) is 10.4. The standard InChI is InChI=1S/C14H16S/c1-3-4-10-14(12(2)15)11-13-8-6-5-7-9-13/h3-10,15H,1,11H2,2H3/p+1/b10-4-,14-12-.